The van der Waals surface area contributed by atoms with E-state index in [-0.39, 0.29) is 5.56 Å². The molecule has 8 heteroatoms. The number of hydrogen-bond acceptors (Lipinski definition) is 5. The maximum absolute atomic E-state index is 12.5. The second-order valence-corrected chi connectivity index (χ2v) is 8.19. The van der Waals surface area contributed by atoms with Crippen LogP contribution in [-0.2, 0) is 23.0 Å². The standard InChI is InChI=1S/C12H15N3O3S2/c1-8-7-9-11(19-8)13-10-3-4-14(20(2,17)18)5-6-15(10)12(9)16/h7H,3-6H2,1-2H3. The molecule has 2 aromatic rings. The Morgan fingerprint density at radius 1 is 1.30 bits per heavy atom. The Morgan fingerprint density at radius 3 is 2.75 bits per heavy atom. The van der Waals surface area contributed by atoms with Crippen molar-refractivity contribution in [1.82, 2.24) is 13.9 Å². The van der Waals surface area contributed by atoms with E-state index in [1.165, 1.54) is 21.9 Å². The van der Waals surface area contributed by atoms with Gasteiger partial charge in [-0.1, -0.05) is 0 Å². The van der Waals surface area contributed by atoms with Crippen LogP contribution in [0.25, 0.3) is 10.2 Å². The fourth-order valence-electron chi connectivity index (χ4n) is 2.48. The average Bonchev–Trinajstić information content (AvgIpc) is 2.57. The molecule has 0 radical (unpaired) electrons. The Morgan fingerprint density at radius 2 is 2.05 bits per heavy atom. The topological polar surface area (TPSA) is 72.3 Å². The molecule has 108 valence electrons. The molecular weight excluding hydrogens is 298 g/mol. The first-order valence-corrected chi connectivity index (χ1v) is 8.98. The van der Waals surface area contributed by atoms with Gasteiger partial charge in [-0.3, -0.25) is 9.36 Å². The van der Waals surface area contributed by atoms with E-state index in [1.807, 2.05) is 13.0 Å². The molecule has 0 aromatic carbocycles. The molecule has 1 aliphatic rings. The molecule has 0 spiro atoms. The van der Waals surface area contributed by atoms with Gasteiger partial charge in [0.2, 0.25) is 10.0 Å². The molecule has 6 nitrogen and oxygen atoms in total. The Balaban J connectivity index is 2.10. The number of rotatable bonds is 1. The largest absolute Gasteiger partial charge is 0.295 e. The Labute approximate surface area is 120 Å². The van der Waals surface area contributed by atoms with Crippen molar-refractivity contribution in [3.63, 3.8) is 0 Å². The summed E-state index contributed by atoms with van der Waals surface area (Å²) in [5, 5.41) is 0.629. The number of fused-ring (bicyclic) bond motifs is 2. The van der Waals surface area contributed by atoms with Crippen LogP contribution >= 0.6 is 11.3 Å². The lowest BCUT2D eigenvalue weighted by Crippen LogP contribution is -2.33. The fraction of sp³-hybridized carbons (Fsp3) is 0.500. The van der Waals surface area contributed by atoms with E-state index in [0.717, 1.165) is 9.71 Å². The summed E-state index contributed by atoms with van der Waals surface area (Å²) in [6.07, 6.45) is 1.66. The highest BCUT2D eigenvalue weighted by molar-refractivity contribution is 7.88. The van der Waals surface area contributed by atoms with Crippen molar-refractivity contribution in [1.29, 1.82) is 0 Å². The molecule has 0 aliphatic carbocycles. The van der Waals surface area contributed by atoms with Gasteiger partial charge in [0, 0.05) is 30.9 Å². The van der Waals surface area contributed by atoms with Gasteiger partial charge in [0.1, 0.15) is 10.7 Å². The number of thiophene rings is 1. The van der Waals surface area contributed by atoms with E-state index in [4.69, 9.17) is 0 Å². The van der Waals surface area contributed by atoms with Gasteiger partial charge in [-0.2, -0.15) is 4.31 Å². The second-order valence-electron chi connectivity index (χ2n) is 4.97. The van der Waals surface area contributed by atoms with Gasteiger partial charge < -0.3 is 0 Å². The maximum atomic E-state index is 12.5. The number of nitrogens with zero attached hydrogens (tertiary/aromatic N) is 3. The number of aryl methyl sites for hydroxylation is 1. The summed E-state index contributed by atoms with van der Waals surface area (Å²) in [5.74, 6) is 0.676. The van der Waals surface area contributed by atoms with E-state index in [0.29, 0.717) is 37.3 Å². The predicted molar refractivity (Wildman–Crippen MR) is 78.7 cm³/mol. The second kappa shape index (κ2) is 4.64. The zero-order valence-corrected chi connectivity index (χ0v) is 12.9. The predicted octanol–water partition coefficient (Wildman–Crippen LogP) is 0.584. The summed E-state index contributed by atoms with van der Waals surface area (Å²) < 4.78 is 26.3. The quantitative estimate of drug-likeness (QED) is 0.772. The van der Waals surface area contributed by atoms with Crippen molar-refractivity contribution < 1.29 is 8.42 Å². The Bertz CT molecular complexity index is 835. The molecule has 20 heavy (non-hydrogen) atoms. The van der Waals surface area contributed by atoms with Gasteiger partial charge in [-0.15, -0.1) is 11.3 Å². The molecule has 0 amide bonds. The number of aromatic nitrogens is 2. The van der Waals surface area contributed by atoms with Crippen molar-refractivity contribution in [3.8, 4) is 0 Å². The van der Waals surface area contributed by atoms with E-state index in [1.54, 1.807) is 4.57 Å². The normalized spacial score (nSPS) is 17.1. The first-order chi connectivity index (χ1) is 9.36. The van der Waals surface area contributed by atoms with E-state index in [2.05, 4.69) is 4.98 Å². The van der Waals surface area contributed by atoms with Crippen LogP contribution < -0.4 is 5.56 Å². The Kier molecular flexibility index (Phi) is 3.19. The molecule has 0 bridgehead atoms. The molecular formula is C12H15N3O3S2. The monoisotopic (exact) mass is 313 g/mol. The SMILES string of the molecule is Cc1cc2c(=O)n3c(nc2s1)CCN(S(C)(=O)=O)CC3. The average molecular weight is 313 g/mol. The van der Waals surface area contributed by atoms with Crippen LogP contribution in [0.3, 0.4) is 0 Å². The number of sulfonamides is 1. The molecule has 0 unspecified atom stereocenters. The molecule has 0 N–H and O–H groups in total. The van der Waals surface area contributed by atoms with Crippen LogP contribution in [0.5, 0.6) is 0 Å². The van der Waals surface area contributed by atoms with E-state index in [9.17, 15) is 13.2 Å². The van der Waals surface area contributed by atoms with Crippen molar-refractivity contribution >= 4 is 31.6 Å². The summed E-state index contributed by atoms with van der Waals surface area (Å²) in [4.78, 5) is 18.8. The third kappa shape index (κ3) is 2.27. The first-order valence-electron chi connectivity index (χ1n) is 6.31. The molecule has 0 saturated heterocycles. The third-order valence-electron chi connectivity index (χ3n) is 3.48. The van der Waals surface area contributed by atoms with Gasteiger partial charge in [-0.25, -0.2) is 13.4 Å². The smallest absolute Gasteiger partial charge is 0.262 e. The minimum absolute atomic E-state index is 0.0651. The first kappa shape index (κ1) is 13.7. The zero-order valence-electron chi connectivity index (χ0n) is 11.3. The lowest BCUT2D eigenvalue weighted by atomic mass is 10.3. The lowest BCUT2D eigenvalue weighted by molar-refractivity contribution is 0.418. The van der Waals surface area contributed by atoms with Crippen LogP contribution in [0, 0.1) is 6.92 Å². The molecule has 0 saturated carbocycles. The van der Waals surface area contributed by atoms with Crippen LogP contribution in [-0.4, -0.2) is 41.6 Å². The summed E-state index contributed by atoms with van der Waals surface area (Å²) in [6, 6.07) is 1.85. The number of hydrogen-bond donors (Lipinski definition) is 0. The van der Waals surface area contributed by atoms with Crippen molar-refractivity contribution in [2.24, 2.45) is 0 Å². The highest BCUT2D eigenvalue weighted by Crippen LogP contribution is 2.21. The van der Waals surface area contributed by atoms with Gasteiger partial charge in [0.25, 0.3) is 5.56 Å². The van der Waals surface area contributed by atoms with E-state index < -0.39 is 10.0 Å². The van der Waals surface area contributed by atoms with Crippen molar-refractivity contribution in [2.45, 2.75) is 19.9 Å². The van der Waals surface area contributed by atoms with Crippen molar-refractivity contribution in [3.05, 3.63) is 27.1 Å². The maximum Gasteiger partial charge on any atom is 0.262 e. The highest BCUT2D eigenvalue weighted by Gasteiger charge is 2.23. The fourth-order valence-corrected chi connectivity index (χ4v) is 4.20. The van der Waals surface area contributed by atoms with Crippen LogP contribution in [0.1, 0.15) is 10.7 Å². The Hall–Kier alpha value is -1.25. The summed E-state index contributed by atoms with van der Waals surface area (Å²) in [6.45, 7) is 3.01. The summed E-state index contributed by atoms with van der Waals surface area (Å²) in [5.41, 5.74) is -0.0651. The highest BCUT2D eigenvalue weighted by atomic mass is 32.2. The summed E-state index contributed by atoms with van der Waals surface area (Å²) in [7, 11) is -3.23. The third-order valence-corrected chi connectivity index (χ3v) is 5.73. The van der Waals surface area contributed by atoms with Crippen LogP contribution in [0.15, 0.2) is 10.9 Å². The van der Waals surface area contributed by atoms with Crippen LogP contribution in [0.2, 0.25) is 0 Å². The van der Waals surface area contributed by atoms with Gasteiger partial charge in [0.05, 0.1) is 11.6 Å². The zero-order chi connectivity index (χ0) is 14.5. The van der Waals surface area contributed by atoms with Gasteiger partial charge >= 0.3 is 0 Å². The van der Waals surface area contributed by atoms with Gasteiger partial charge in [-0.05, 0) is 13.0 Å². The van der Waals surface area contributed by atoms with Crippen molar-refractivity contribution in [2.75, 3.05) is 19.3 Å². The molecule has 3 heterocycles. The molecule has 3 rings (SSSR count). The van der Waals surface area contributed by atoms with Crippen LogP contribution in [0.4, 0.5) is 0 Å². The molecule has 2 aromatic heterocycles. The minimum atomic E-state index is -3.23. The summed E-state index contributed by atoms with van der Waals surface area (Å²) >= 11 is 1.50. The van der Waals surface area contributed by atoms with Gasteiger partial charge in [0.15, 0.2) is 0 Å². The van der Waals surface area contributed by atoms with E-state index >= 15 is 0 Å². The lowest BCUT2D eigenvalue weighted by Gasteiger charge is -2.15. The minimum Gasteiger partial charge on any atom is -0.295 e. The molecule has 0 fully saturated rings. The molecule has 1 aliphatic heterocycles. The molecule has 0 atom stereocenters.